The van der Waals surface area contributed by atoms with Crippen molar-refractivity contribution >= 4 is 23.4 Å². The molecule has 1 atom stereocenters. The number of benzene rings is 2. The van der Waals surface area contributed by atoms with Crippen LogP contribution in [0.2, 0.25) is 0 Å². The topological polar surface area (TPSA) is 76.8 Å². The number of ether oxygens (including phenoxy) is 1. The van der Waals surface area contributed by atoms with Crippen LogP contribution in [0.1, 0.15) is 23.5 Å². The number of allylic oxidation sites excluding steroid dienone is 1. The Morgan fingerprint density at radius 1 is 1.28 bits per heavy atom. The van der Waals surface area contributed by atoms with Crippen LogP contribution in [0.4, 0.5) is 5.69 Å². The number of anilines is 1. The van der Waals surface area contributed by atoms with E-state index in [2.05, 4.69) is 17.0 Å². The molecule has 0 spiro atoms. The lowest BCUT2D eigenvalue weighted by Crippen LogP contribution is -2.47. The van der Waals surface area contributed by atoms with Gasteiger partial charge in [-0.3, -0.25) is 9.69 Å². The minimum Gasteiger partial charge on any atom is -0.504 e. The first kappa shape index (κ1) is 19.2. The molecule has 6 nitrogen and oxygen atoms in total. The molecule has 1 fully saturated rings. The molecular formula is C22H21N3O3S. The van der Waals surface area contributed by atoms with Crippen molar-refractivity contribution in [2.24, 2.45) is 0 Å². The van der Waals surface area contributed by atoms with Crippen molar-refractivity contribution < 1.29 is 14.6 Å². The number of nitriles is 1. The van der Waals surface area contributed by atoms with E-state index in [1.807, 2.05) is 25.1 Å². The quantitative estimate of drug-likeness (QED) is 0.831. The predicted octanol–water partition coefficient (Wildman–Crippen LogP) is 3.93. The van der Waals surface area contributed by atoms with Gasteiger partial charge in [0.2, 0.25) is 5.91 Å². The van der Waals surface area contributed by atoms with Gasteiger partial charge >= 0.3 is 0 Å². The van der Waals surface area contributed by atoms with E-state index in [0.717, 1.165) is 21.8 Å². The first-order valence-corrected chi connectivity index (χ1v) is 10.3. The van der Waals surface area contributed by atoms with Crippen molar-refractivity contribution in [3.8, 4) is 17.6 Å². The predicted molar refractivity (Wildman–Crippen MR) is 112 cm³/mol. The molecule has 7 heteroatoms. The number of aryl methyl sites for hydroxylation is 1. The number of rotatable bonds is 3. The van der Waals surface area contributed by atoms with Crippen LogP contribution in [-0.4, -0.2) is 35.6 Å². The Labute approximate surface area is 174 Å². The summed E-state index contributed by atoms with van der Waals surface area (Å²) in [6.07, 6.45) is 0.211. The van der Waals surface area contributed by atoms with E-state index >= 15 is 0 Å². The normalized spacial score (nSPS) is 19.1. The van der Waals surface area contributed by atoms with Gasteiger partial charge in [0.05, 0.1) is 36.3 Å². The highest BCUT2D eigenvalue weighted by Gasteiger charge is 2.38. The highest BCUT2D eigenvalue weighted by molar-refractivity contribution is 8.03. The van der Waals surface area contributed by atoms with E-state index < -0.39 is 0 Å². The SMILES string of the molecule is COc1cc(C2CC(=O)N3CN(c4cccc(C)c4)CSC3=C2C#N)ccc1O. The highest BCUT2D eigenvalue weighted by atomic mass is 32.2. The maximum Gasteiger partial charge on any atom is 0.229 e. The lowest BCUT2D eigenvalue weighted by atomic mass is 9.86. The molecule has 2 heterocycles. The number of hydrogen-bond acceptors (Lipinski definition) is 6. The van der Waals surface area contributed by atoms with Crippen LogP contribution in [-0.2, 0) is 4.79 Å². The summed E-state index contributed by atoms with van der Waals surface area (Å²) in [5, 5.41) is 20.5. The third kappa shape index (κ3) is 3.52. The second kappa shape index (κ2) is 7.72. The van der Waals surface area contributed by atoms with Gasteiger partial charge in [0.1, 0.15) is 0 Å². The van der Waals surface area contributed by atoms with Gasteiger partial charge in [0.25, 0.3) is 0 Å². The minimum atomic E-state index is -0.341. The lowest BCUT2D eigenvalue weighted by Gasteiger charge is -2.42. The standard InChI is InChI=1S/C22H21N3O3S/c1-14-4-3-5-16(8-14)24-12-25-21(27)10-17(18(11-23)22(25)29-13-24)15-6-7-19(26)20(9-15)28-2/h3-9,17,26H,10,12-13H2,1-2H3. The van der Waals surface area contributed by atoms with E-state index in [1.54, 1.807) is 17.0 Å². The monoisotopic (exact) mass is 407 g/mol. The number of thioether (sulfide) groups is 1. The lowest BCUT2D eigenvalue weighted by molar-refractivity contribution is -0.129. The Balaban J connectivity index is 1.68. The van der Waals surface area contributed by atoms with E-state index in [-0.39, 0.29) is 24.0 Å². The van der Waals surface area contributed by atoms with Gasteiger partial charge < -0.3 is 14.7 Å². The molecule has 2 aliphatic rings. The van der Waals surface area contributed by atoms with Crippen LogP contribution in [0.15, 0.2) is 53.1 Å². The molecule has 0 saturated carbocycles. The molecule has 1 N–H and O–H groups in total. The third-order valence-electron chi connectivity index (χ3n) is 5.27. The molecule has 0 aliphatic carbocycles. The zero-order valence-corrected chi connectivity index (χ0v) is 17.1. The first-order valence-electron chi connectivity index (χ1n) is 9.27. The fourth-order valence-electron chi connectivity index (χ4n) is 3.75. The average molecular weight is 407 g/mol. The molecule has 1 amide bonds. The van der Waals surface area contributed by atoms with Gasteiger partial charge in [-0.2, -0.15) is 5.26 Å². The molecule has 0 aromatic heterocycles. The summed E-state index contributed by atoms with van der Waals surface area (Å²) >= 11 is 1.51. The highest BCUT2D eigenvalue weighted by Crippen LogP contribution is 2.44. The van der Waals surface area contributed by atoms with Crippen molar-refractivity contribution in [3.05, 3.63) is 64.2 Å². The number of phenols is 1. The third-order valence-corrected chi connectivity index (χ3v) is 6.42. The van der Waals surface area contributed by atoms with Gasteiger partial charge in [-0.25, -0.2) is 0 Å². The van der Waals surface area contributed by atoms with Crippen LogP contribution in [0.3, 0.4) is 0 Å². The zero-order chi connectivity index (χ0) is 20.5. The van der Waals surface area contributed by atoms with Gasteiger partial charge in [0, 0.05) is 18.0 Å². The molecule has 1 unspecified atom stereocenters. The summed E-state index contributed by atoms with van der Waals surface area (Å²) in [5.41, 5.74) is 3.61. The first-order chi connectivity index (χ1) is 14.0. The number of phenolic OH excluding ortho intramolecular Hbond substituents is 1. The van der Waals surface area contributed by atoms with Gasteiger partial charge in [-0.1, -0.05) is 30.0 Å². The molecule has 2 aromatic rings. The van der Waals surface area contributed by atoms with Crippen molar-refractivity contribution in [3.63, 3.8) is 0 Å². The van der Waals surface area contributed by atoms with Crippen molar-refractivity contribution in [2.75, 3.05) is 24.6 Å². The Bertz CT molecular complexity index is 1040. The second-order valence-corrected chi connectivity index (χ2v) is 8.07. The zero-order valence-electron chi connectivity index (χ0n) is 16.3. The molecule has 148 valence electrons. The number of carbonyl (C=O) groups is 1. The summed E-state index contributed by atoms with van der Waals surface area (Å²) in [5.74, 6) is 0.681. The number of amides is 1. The Morgan fingerprint density at radius 2 is 2.10 bits per heavy atom. The summed E-state index contributed by atoms with van der Waals surface area (Å²) in [6.45, 7) is 2.48. The van der Waals surface area contributed by atoms with Gasteiger partial charge in [-0.05, 0) is 42.3 Å². The number of aromatic hydroxyl groups is 1. The maximum absolute atomic E-state index is 13.0. The summed E-state index contributed by atoms with van der Waals surface area (Å²) < 4.78 is 5.20. The molecule has 2 aromatic carbocycles. The number of carbonyl (C=O) groups excluding carboxylic acids is 1. The molecule has 29 heavy (non-hydrogen) atoms. The minimum absolute atomic E-state index is 0.0131. The van der Waals surface area contributed by atoms with E-state index in [0.29, 0.717) is 23.9 Å². The van der Waals surface area contributed by atoms with Crippen LogP contribution < -0.4 is 9.64 Å². The number of methoxy groups -OCH3 is 1. The Morgan fingerprint density at radius 3 is 2.83 bits per heavy atom. The van der Waals surface area contributed by atoms with Crippen molar-refractivity contribution in [2.45, 2.75) is 19.3 Å². The van der Waals surface area contributed by atoms with Crippen molar-refractivity contribution in [1.29, 1.82) is 5.26 Å². The van der Waals surface area contributed by atoms with Crippen LogP contribution in [0.5, 0.6) is 11.5 Å². The molecule has 0 bridgehead atoms. The maximum atomic E-state index is 13.0. The van der Waals surface area contributed by atoms with Crippen LogP contribution in [0, 0.1) is 18.3 Å². The van der Waals surface area contributed by atoms with Crippen molar-refractivity contribution in [1.82, 2.24) is 4.90 Å². The number of hydrogen-bond donors (Lipinski definition) is 1. The molecule has 2 aliphatic heterocycles. The molecule has 1 saturated heterocycles. The van der Waals surface area contributed by atoms with E-state index in [9.17, 15) is 15.2 Å². The summed E-state index contributed by atoms with van der Waals surface area (Å²) in [6, 6.07) is 15.5. The Hall–Kier alpha value is -3.11. The largest absolute Gasteiger partial charge is 0.504 e. The van der Waals surface area contributed by atoms with E-state index in [1.165, 1.54) is 24.9 Å². The van der Waals surface area contributed by atoms with E-state index in [4.69, 9.17) is 4.74 Å². The number of nitrogens with zero attached hydrogens (tertiary/aromatic N) is 3. The molecular weight excluding hydrogens is 386 g/mol. The molecule has 0 radical (unpaired) electrons. The summed E-state index contributed by atoms with van der Waals surface area (Å²) in [7, 11) is 1.48. The van der Waals surface area contributed by atoms with Gasteiger partial charge in [0.15, 0.2) is 11.5 Å². The van der Waals surface area contributed by atoms with Crippen LogP contribution >= 0.6 is 11.8 Å². The van der Waals surface area contributed by atoms with Gasteiger partial charge in [-0.15, -0.1) is 0 Å². The Kier molecular flexibility index (Phi) is 5.12. The fraction of sp³-hybridized carbons (Fsp3) is 0.273. The second-order valence-electron chi connectivity index (χ2n) is 7.13. The molecule has 4 rings (SSSR count). The summed E-state index contributed by atoms with van der Waals surface area (Å²) in [4.78, 5) is 16.8. The number of fused-ring (bicyclic) bond motifs is 1. The fourth-order valence-corrected chi connectivity index (χ4v) is 4.91. The van der Waals surface area contributed by atoms with Crippen LogP contribution in [0.25, 0.3) is 0 Å². The average Bonchev–Trinajstić information content (AvgIpc) is 2.74. The smallest absolute Gasteiger partial charge is 0.229 e.